The summed E-state index contributed by atoms with van der Waals surface area (Å²) >= 11 is 0. The molecule has 0 aromatic heterocycles. The van der Waals surface area contributed by atoms with Crippen molar-refractivity contribution >= 4 is 17.8 Å². The second-order valence-corrected chi connectivity index (χ2v) is 5.23. The second-order valence-electron chi connectivity index (χ2n) is 5.23. The Morgan fingerprint density at radius 3 is 2.60 bits per heavy atom. The Hall–Kier alpha value is -3.22. The molecule has 0 bridgehead atoms. The third-order valence-corrected chi connectivity index (χ3v) is 3.46. The molecule has 132 valence electrons. The molecular weight excluding hydrogens is 322 g/mol. The van der Waals surface area contributed by atoms with Crippen molar-refractivity contribution in [3.63, 3.8) is 0 Å². The van der Waals surface area contributed by atoms with Crippen LogP contribution in [0.25, 0.3) is 0 Å². The summed E-state index contributed by atoms with van der Waals surface area (Å²) in [5, 5.41) is 16.5. The second kappa shape index (κ2) is 8.58. The number of hydrazone groups is 1. The molecule has 0 heterocycles. The maximum absolute atomic E-state index is 12.1. The zero-order valence-electron chi connectivity index (χ0n) is 14.3. The van der Waals surface area contributed by atoms with Crippen LogP contribution in [0, 0.1) is 0 Å². The highest BCUT2D eigenvalue weighted by molar-refractivity contribution is 5.87. The molecule has 7 heteroatoms. The number of nitrogens with zero attached hydrogens (tertiary/aromatic N) is 1. The zero-order chi connectivity index (χ0) is 18.2. The van der Waals surface area contributed by atoms with E-state index in [1.807, 2.05) is 24.3 Å². The van der Waals surface area contributed by atoms with Gasteiger partial charge in [-0.15, -0.1) is 0 Å². The number of rotatable bonds is 7. The van der Waals surface area contributed by atoms with Gasteiger partial charge in [0, 0.05) is 0 Å². The maximum Gasteiger partial charge on any atom is 0.262 e. The Bertz CT molecular complexity index is 762. The molecule has 0 aliphatic rings. The van der Waals surface area contributed by atoms with Crippen LogP contribution in [0.15, 0.2) is 47.6 Å². The minimum absolute atomic E-state index is 0.0401. The number of amides is 1. The van der Waals surface area contributed by atoms with Crippen LogP contribution in [-0.2, 0) is 4.79 Å². The molecule has 0 aliphatic heterocycles. The van der Waals surface area contributed by atoms with Gasteiger partial charge < -0.3 is 19.9 Å². The summed E-state index contributed by atoms with van der Waals surface area (Å²) < 4.78 is 10.3. The summed E-state index contributed by atoms with van der Waals surface area (Å²) in [6.45, 7) is 1.72. The van der Waals surface area contributed by atoms with Crippen molar-refractivity contribution in [2.24, 2.45) is 5.10 Å². The minimum atomic E-state index is -0.511. The summed E-state index contributed by atoms with van der Waals surface area (Å²) in [6, 6.07) is 11.6. The average molecular weight is 343 g/mol. The monoisotopic (exact) mass is 343 g/mol. The van der Waals surface area contributed by atoms with Crippen molar-refractivity contribution in [2.45, 2.75) is 13.0 Å². The van der Waals surface area contributed by atoms with Crippen LogP contribution in [0.4, 0.5) is 5.69 Å². The van der Waals surface area contributed by atoms with Gasteiger partial charge in [0.1, 0.15) is 11.8 Å². The van der Waals surface area contributed by atoms with Gasteiger partial charge in [0.05, 0.1) is 26.1 Å². The first kappa shape index (κ1) is 18.1. The van der Waals surface area contributed by atoms with Gasteiger partial charge in [-0.2, -0.15) is 5.10 Å². The molecule has 1 amide bonds. The van der Waals surface area contributed by atoms with E-state index in [9.17, 15) is 9.90 Å². The number of aromatic hydroxyl groups is 1. The fourth-order valence-electron chi connectivity index (χ4n) is 2.10. The maximum atomic E-state index is 12.1. The van der Waals surface area contributed by atoms with E-state index in [4.69, 9.17) is 9.47 Å². The molecule has 0 spiro atoms. The van der Waals surface area contributed by atoms with Crippen LogP contribution in [-0.4, -0.2) is 37.5 Å². The molecule has 2 rings (SSSR count). The molecule has 0 saturated heterocycles. The summed E-state index contributed by atoms with van der Waals surface area (Å²) in [4.78, 5) is 12.1. The smallest absolute Gasteiger partial charge is 0.262 e. The number of phenols is 1. The third kappa shape index (κ3) is 4.87. The average Bonchev–Trinajstić information content (AvgIpc) is 2.63. The number of para-hydroxylation sites is 2. The van der Waals surface area contributed by atoms with Crippen molar-refractivity contribution in [3.8, 4) is 17.2 Å². The van der Waals surface area contributed by atoms with Gasteiger partial charge in [-0.3, -0.25) is 4.79 Å². The number of carbonyl (C=O) groups is 1. The fraction of sp³-hybridized carbons (Fsp3) is 0.222. The molecule has 1 atom stereocenters. The predicted molar refractivity (Wildman–Crippen MR) is 96.5 cm³/mol. The van der Waals surface area contributed by atoms with Crippen molar-refractivity contribution in [3.05, 3.63) is 48.0 Å². The molecule has 2 aromatic carbocycles. The molecule has 25 heavy (non-hydrogen) atoms. The van der Waals surface area contributed by atoms with E-state index in [1.54, 1.807) is 26.2 Å². The summed E-state index contributed by atoms with van der Waals surface area (Å²) in [5.41, 5.74) is 3.87. The molecule has 0 aliphatic carbocycles. The lowest BCUT2D eigenvalue weighted by molar-refractivity contribution is -0.121. The van der Waals surface area contributed by atoms with E-state index in [-0.39, 0.29) is 11.7 Å². The molecule has 7 nitrogen and oxygen atoms in total. The number of methoxy groups -OCH3 is 2. The van der Waals surface area contributed by atoms with Gasteiger partial charge in [-0.25, -0.2) is 5.43 Å². The Morgan fingerprint density at radius 1 is 1.16 bits per heavy atom. The largest absolute Gasteiger partial charge is 0.504 e. The van der Waals surface area contributed by atoms with Gasteiger partial charge >= 0.3 is 0 Å². The van der Waals surface area contributed by atoms with E-state index >= 15 is 0 Å². The quantitative estimate of drug-likeness (QED) is 0.530. The van der Waals surface area contributed by atoms with Gasteiger partial charge in [-0.05, 0) is 42.8 Å². The van der Waals surface area contributed by atoms with E-state index in [1.165, 1.54) is 19.4 Å². The van der Waals surface area contributed by atoms with Crippen molar-refractivity contribution in [2.75, 3.05) is 19.5 Å². The van der Waals surface area contributed by atoms with Gasteiger partial charge in [-0.1, -0.05) is 12.1 Å². The Morgan fingerprint density at radius 2 is 1.88 bits per heavy atom. The van der Waals surface area contributed by atoms with Gasteiger partial charge in [0.2, 0.25) is 0 Å². The number of hydrogen-bond donors (Lipinski definition) is 3. The van der Waals surface area contributed by atoms with E-state index in [0.717, 1.165) is 5.69 Å². The van der Waals surface area contributed by atoms with Crippen molar-refractivity contribution < 1.29 is 19.4 Å². The Kier molecular flexibility index (Phi) is 6.22. The lowest BCUT2D eigenvalue weighted by Crippen LogP contribution is -2.35. The SMILES string of the molecule is COc1cc(/C=N\NC(=O)[C@H](C)Nc2ccccc2OC)ccc1O. The summed E-state index contributed by atoms with van der Waals surface area (Å²) in [7, 11) is 3.03. The number of phenolic OH excluding ortho intramolecular Hbond substituents is 1. The number of nitrogens with one attached hydrogen (secondary N) is 2. The molecule has 0 unspecified atom stereocenters. The number of benzene rings is 2. The van der Waals surface area contributed by atoms with E-state index in [0.29, 0.717) is 17.1 Å². The molecule has 2 aromatic rings. The predicted octanol–water partition coefficient (Wildman–Crippen LogP) is 2.36. The first-order chi connectivity index (χ1) is 12.0. The number of anilines is 1. The first-order valence-corrected chi connectivity index (χ1v) is 7.64. The summed E-state index contributed by atoms with van der Waals surface area (Å²) in [6.07, 6.45) is 1.47. The molecule has 0 saturated carbocycles. The number of carbonyl (C=O) groups excluding carboxylic acids is 1. The molecular formula is C18H21N3O4. The topological polar surface area (TPSA) is 92.2 Å². The number of ether oxygens (including phenoxy) is 2. The molecule has 0 fully saturated rings. The first-order valence-electron chi connectivity index (χ1n) is 7.64. The third-order valence-electron chi connectivity index (χ3n) is 3.46. The lowest BCUT2D eigenvalue weighted by atomic mass is 10.2. The van der Waals surface area contributed by atoms with E-state index in [2.05, 4.69) is 15.8 Å². The zero-order valence-corrected chi connectivity index (χ0v) is 14.3. The van der Waals surface area contributed by atoms with Crippen LogP contribution in [0.5, 0.6) is 17.2 Å². The minimum Gasteiger partial charge on any atom is -0.504 e. The van der Waals surface area contributed by atoms with Crippen LogP contribution < -0.4 is 20.2 Å². The highest BCUT2D eigenvalue weighted by atomic mass is 16.5. The van der Waals surface area contributed by atoms with Crippen LogP contribution in [0.1, 0.15) is 12.5 Å². The molecule has 3 N–H and O–H groups in total. The van der Waals surface area contributed by atoms with Crippen molar-refractivity contribution in [1.29, 1.82) is 0 Å². The Labute approximate surface area is 146 Å². The highest BCUT2D eigenvalue weighted by Gasteiger charge is 2.13. The lowest BCUT2D eigenvalue weighted by Gasteiger charge is -2.15. The van der Waals surface area contributed by atoms with Gasteiger partial charge in [0.25, 0.3) is 5.91 Å². The Balaban J connectivity index is 1.95. The van der Waals surface area contributed by atoms with Crippen molar-refractivity contribution in [1.82, 2.24) is 5.43 Å². The van der Waals surface area contributed by atoms with Gasteiger partial charge in [0.15, 0.2) is 11.5 Å². The number of hydrogen-bond acceptors (Lipinski definition) is 6. The van der Waals surface area contributed by atoms with E-state index < -0.39 is 6.04 Å². The van der Waals surface area contributed by atoms with Crippen LogP contribution in [0.2, 0.25) is 0 Å². The standard InChI is InChI=1S/C18H21N3O4/c1-12(20-14-6-4-5-7-16(14)24-2)18(23)21-19-11-13-8-9-15(22)17(10-13)25-3/h4-12,20,22H,1-3H3,(H,21,23)/b19-11-/t12-/m0/s1. The fourth-order valence-corrected chi connectivity index (χ4v) is 2.10. The molecule has 0 radical (unpaired) electrons. The van der Waals surface area contributed by atoms with Crippen LogP contribution >= 0.6 is 0 Å². The normalized spacial score (nSPS) is 11.8. The van der Waals surface area contributed by atoms with Crippen LogP contribution in [0.3, 0.4) is 0 Å². The summed E-state index contributed by atoms with van der Waals surface area (Å²) in [5.74, 6) is 0.731. The highest BCUT2D eigenvalue weighted by Crippen LogP contribution is 2.25.